The lowest BCUT2D eigenvalue weighted by Crippen LogP contribution is -2.12. The van der Waals surface area contributed by atoms with Crippen molar-refractivity contribution in [1.82, 2.24) is 9.97 Å². The topological polar surface area (TPSA) is 186 Å². The molecule has 17 heteroatoms. The molecule has 13 nitrogen and oxygen atoms in total. The summed E-state index contributed by atoms with van der Waals surface area (Å²) in [6.45, 7) is 2.13. The summed E-state index contributed by atoms with van der Waals surface area (Å²) in [5.41, 5.74) is 1.72. The van der Waals surface area contributed by atoms with E-state index in [1.807, 2.05) is 48.5 Å². The Bertz CT molecular complexity index is 2360. The molecule has 51 heavy (non-hydrogen) atoms. The number of para-hydroxylation sites is 2. The molecule has 6 aromatic rings. The smallest absolute Gasteiger partial charge is 0.282 e. The van der Waals surface area contributed by atoms with Gasteiger partial charge in [0.2, 0.25) is 10.0 Å². The average Bonchev–Trinajstić information content (AvgIpc) is 3.57. The number of primary sulfonamides is 1. The predicted octanol–water partition coefficient (Wildman–Crippen LogP) is 5.87. The number of sulfonamides is 2. The maximum Gasteiger partial charge on any atom is 0.282 e. The summed E-state index contributed by atoms with van der Waals surface area (Å²) in [5.74, 6) is 1.96. The van der Waals surface area contributed by atoms with E-state index in [0.717, 1.165) is 39.6 Å². The number of carbonyl (C=O) groups is 1. The van der Waals surface area contributed by atoms with Crippen molar-refractivity contribution >= 4 is 75.7 Å². The largest absolute Gasteiger partial charge is 0.490 e. The lowest BCUT2D eigenvalue weighted by molar-refractivity contribution is 0.112. The number of hydrogen-bond donors (Lipinski definition) is 1. The number of aldehydes is 1. The Labute approximate surface area is 301 Å². The van der Waals surface area contributed by atoms with Gasteiger partial charge in [0.05, 0.1) is 62.9 Å². The minimum Gasteiger partial charge on any atom is -0.490 e. The number of hydrogen-bond acceptors (Lipinski definition) is 13. The third-order valence-corrected chi connectivity index (χ3v) is 11.2. The van der Waals surface area contributed by atoms with Gasteiger partial charge in [-0.25, -0.2) is 23.5 Å². The van der Waals surface area contributed by atoms with Crippen LogP contribution in [0.1, 0.15) is 27.7 Å². The molecule has 264 valence electrons. The fraction of sp³-hybridized carbons (Fsp3) is 0.176. The van der Waals surface area contributed by atoms with E-state index in [0.29, 0.717) is 59.4 Å². The van der Waals surface area contributed by atoms with E-state index in [1.165, 1.54) is 53.2 Å². The number of nitrogens with two attached hydrogens (primary N) is 1. The van der Waals surface area contributed by atoms with Crippen LogP contribution in [0.15, 0.2) is 99.1 Å². The van der Waals surface area contributed by atoms with Crippen molar-refractivity contribution in [3.05, 3.63) is 94.9 Å². The number of fused-ring (bicyclic) bond motifs is 4. The van der Waals surface area contributed by atoms with E-state index in [-0.39, 0.29) is 9.79 Å². The predicted molar refractivity (Wildman–Crippen MR) is 195 cm³/mol. The first kappa shape index (κ1) is 35.9. The fourth-order valence-electron chi connectivity index (χ4n) is 4.69. The van der Waals surface area contributed by atoms with Gasteiger partial charge in [-0.1, -0.05) is 24.3 Å². The number of ether oxygens (including phenoxy) is 4. The maximum atomic E-state index is 12.5. The summed E-state index contributed by atoms with van der Waals surface area (Å²) in [4.78, 5) is 18.9. The van der Waals surface area contributed by atoms with E-state index in [9.17, 15) is 21.6 Å². The van der Waals surface area contributed by atoms with Crippen molar-refractivity contribution in [3.63, 3.8) is 0 Å². The SMILES string of the molecule is NS(=O)(=O)c1ccc2c(c1)OCCCO2.O=Cc1nc2ccccc2s1.O=S(=O)(N=Cc1nc2ccccc2s1)c1ccc2c(c1)OCCCO2. The highest BCUT2D eigenvalue weighted by atomic mass is 32.2. The molecule has 0 saturated carbocycles. The number of aromatic nitrogens is 2. The van der Waals surface area contributed by atoms with Crippen LogP contribution in [0.4, 0.5) is 0 Å². The number of rotatable bonds is 5. The summed E-state index contributed by atoms with van der Waals surface area (Å²) in [6.07, 6.45) is 3.60. The molecule has 0 amide bonds. The molecule has 0 radical (unpaired) electrons. The normalized spacial score (nSPS) is 14.1. The van der Waals surface area contributed by atoms with Crippen LogP contribution in [0.3, 0.4) is 0 Å². The Balaban J connectivity index is 0.000000146. The van der Waals surface area contributed by atoms with Crippen LogP contribution in [0.5, 0.6) is 23.0 Å². The highest BCUT2D eigenvalue weighted by Crippen LogP contribution is 2.33. The monoisotopic (exact) mass is 766 g/mol. The summed E-state index contributed by atoms with van der Waals surface area (Å²) in [6, 6.07) is 24.2. The second-order valence-electron chi connectivity index (χ2n) is 10.7. The zero-order chi connectivity index (χ0) is 35.8. The third-order valence-electron chi connectivity index (χ3n) is 7.09. The summed E-state index contributed by atoms with van der Waals surface area (Å²) in [7, 11) is -7.52. The second kappa shape index (κ2) is 15.9. The Kier molecular flexibility index (Phi) is 11.2. The Morgan fingerprint density at radius 1 is 0.627 bits per heavy atom. The van der Waals surface area contributed by atoms with Crippen molar-refractivity contribution in [3.8, 4) is 23.0 Å². The van der Waals surface area contributed by atoms with Gasteiger partial charge < -0.3 is 18.9 Å². The molecule has 0 aliphatic carbocycles. The lowest BCUT2D eigenvalue weighted by atomic mass is 10.3. The highest BCUT2D eigenvalue weighted by Gasteiger charge is 2.18. The molecular formula is C34H30N4O9S4. The van der Waals surface area contributed by atoms with Crippen molar-refractivity contribution in [2.24, 2.45) is 9.54 Å². The first-order valence-corrected chi connectivity index (χ1v) is 20.0. The fourth-order valence-corrected chi connectivity index (χ4v) is 7.76. The van der Waals surface area contributed by atoms with E-state index in [1.54, 1.807) is 12.1 Å². The zero-order valence-electron chi connectivity index (χ0n) is 26.7. The number of carbonyl (C=O) groups excluding carboxylic acids is 1. The lowest BCUT2D eigenvalue weighted by Gasteiger charge is -2.08. The van der Waals surface area contributed by atoms with Gasteiger partial charge >= 0.3 is 0 Å². The Morgan fingerprint density at radius 3 is 1.63 bits per heavy atom. The molecule has 4 heterocycles. The van der Waals surface area contributed by atoms with Crippen molar-refractivity contribution in [2.45, 2.75) is 22.6 Å². The molecule has 0 saturated heterocycles. The van der Waals surface area contributed by atoms with Crippen LogP contribution in [-0.4, -0.2) is 65.7 Å². The zero-order valence-corrected chi connectivity index (χ0v) is 30.0. The Hall–Kier alpha value is -4.94. The van der Waals surface area contributed by atoms with Gasteiger partial charge in [0.15, 0.2) is 34.3 Å². The van der Waals surface area contributed by atoms with Crippen LogP contribution in [0, 0.1) is 0 Å². The van der Waals surface area contributed by atoms with E-state index >= 15 is 0 Å². The summed E-state index contributed by atoms with van der Waals surface area (Å²) in [5, 5.41) is 6.09. The molecule has 2 aliphatic heterocycles. The standard InChI is InChI=1S/C17H14N2O4S2.C9H11NO4S.C8H5NOS/c20-25(21,12-6-7-14-15(10-12)23-9-3-8-22-14)18-11-17-19-13-4-1-2-5-16(13)24-17;10-15(11,12)7-2-3-8-9(6-7)14-5-1-4-13-8;10-5-8-9-6-3-1-2-4-7(6)11-8/h1-2,4-7,10-11H,3,8-9H2;2-3,6H,1,4-5H2,(H2,10,11,12);1-5H. The Morgan fingerprint density at radius 2 is 1.10 bits per heavy atom. The molecule has 2 N–H and O–H groups in total. The first-order chi connectivity index (χ1) is 24.6. The van der Waals surface area contributed by atoms with Gasteiger partial charge in [-0.15, -0.1) is 22.7 Å². The molecule has 0 fully saturated rings. The van der Waals surface area contributed by atoms with Crippen LogP contribution in [0.2, 0.25) is 0 Å². The van der Waals surface area contributed by atoms with Crippen molar-refractivity contribution < 1.29 is 40.6 Å². The van der Waals surface area contributed by atoms with E-state index < -0.39 is 20.0 Å². The van der Waals surface area contributed by atoms with Gasteiger partial charge in [0.25, 0.3) is 10.0 Å². The van der Waals surface area contributed by atoms with Crippen LogP contribution in [-0.2, 0) is 20.0 Å². The summed E-state index contributed by atoms with van der Waals surface area (Å²) >= 11 is 2.81. The molecule has 0 unspecified atom stereocenters. The van der Waals surface area contributed by atoms with Gasteiger partial charge in [-0.2, -0.15) is 12.8 Å². The molecule has 0 bridgehead atoms. The summed E-state index contributed by atoms with van der Waals surface area (Å²) < 4.78 is 74.7. The van der Waals surface area contributed by atoms with Gasteiger partial charge in [-0.3, -0.25) is 4.79 Å². The van der Waals surface area contributed by atoms with Crippen molar-refractivity contribution in [1.29, 1.82) is 0 Å². The van der Waals surface area contributed by atoms with Crippen LogP contribution in [0.25, 0.3) is 20.4 Å². The number of nitrogens with zero attached hydrogens (tertiary/aromatic N) is 3. The molecule has 0 atom stereocenters. The van der Waals surface area contributed by atoms with Crippen LogP contribution >= 0.6 is 22.7 Å². The van der Waals surface area contributed by atoms with Gasteiger partial charge in [0.1, 0.15) is 5.01 Å². The number of benzene rings is 4. The number of thiazole rings is 2. The minimum absolute atomic E-state index is 0.0340. The molecule has 2 aliphatic rings. The highest BCUT2D eigenvalue weighted by molar-refractivity contribution is 7.90. The average molecular weight is 767 g/mol. The maximum absolute atomic E-state index is 12.5. The molecule has 0 spiro atoms. The van der Waals surface area contributed by atoms with Gasteiger partial charge in [-0.05, 0) is 48.5 Å². The van der Waals surface area contributed by atoms with E-state index in [2.05, 4.69) is 14.4 Å². The molecule has 8 rings (SSSR count). The minimum atomic E-state index is -3.84. The van der Waals surface area contributed by atoms with Crippen molar-refractivity contribution in [2.75, 3.05) is 26.4 Å². The molecular weight excluding hydrogens is 737 g/mol. The van der Waals surface area contributed by atoms with E-state index in [4.69, 9.17) is 24.1 Å². The van der Waals surface area contributed by atoms with Crippen LogP contribution < -0.4 is 24.1 Å². The quantitative estimate of drug-likeness (QED) is 0.163. The van der Waals surface area contributed by atoms with Gasteiger partial charge in [0, 0.05) is 25.0 Å². The first-order valence-electron chi connectivity index (χ1n) is 15.4. The molecule has 4 aromatic carbocycles. The third kappa shape index (κ3) is 9.25. The molecule has 2 aromatic heterocycles. The second-order valence-corrected chi connectivity index (χ2v) is 16.0.